The van der Waals surface area contributed by atoms with Gasteiger partial charge in [0.25, 0.3) is 0 Å². The van der Waals surface area contributed by atoms with E-state index in [4.69, 9.17) is 9.84 Å². The number of carboxylic acid groups (broad SMARTS) is 1. The first kappa shape index (κ1) is 24.3. The van der Waals surface area contributed by atoms with Crippen molar-refractivity contribution in [3.63, 3.8) is 0 Å². The third-order valence-corrected chi connectivity index (χ3v) is 6.50. The van der Waals surface area contributed by atoms with E-state index in [1.54, 1.807) is 4.90 Å². The van der Waals surface area contributed by atoms with Gasteiger partial charge in [0.15, 0.2) is 0 Å². The smallest absolute Gasteiger partial charge is 0.408 e. The number of likely N-dealkylation sites (tertiary alicyclic amines) is 1. The number of nitrogens with zero attached hydrogens (tertiary/aromatic N) is 1. The number of piperidine rings is 2. The highest BCUT2D eigenvalue weighted by atomic mass is 16.5. The predicted octanol–water partition coefficient (Wildman–Crippen LogP) is 1.06. The Morgan fingerprint density at radius 1 is 1.03 bits per heavy atom. The van der Waals surface area contributed by atoms with E-state index in [1.807, 2.05) is 0 Å². The largest absolute Gasteiger partial charge is 0.481 e. The van der Waals surface area contributed by atoms with E-state index in [1.165, 1.54) is 0 Å². The van der Waals surface area contributed by atoms with Crippen molar-refractivity contribution in [2.75, 3.05) is 32.8 Å². The third-order valence-electron chi connectivity index (χ3n) is 6.50. The van der Waals surface area contributed by atoms with Crippen LogP contribution in [0, 0.1) is 17.8 Å². The average Bonchev–Trinajstić information content (AvgIpc) is 3.61. The van der Waals surface area contributed by atoms with Crippen molar-refractivity contribution >= 4 is 23.9 Å². The molecule has 180 valence electrons. The molecule has 0 unspecified atom stereocenters. The maximum Gasteiger partial charge on any atom is 0.408 e. The van der Waals surface area contributed by atoms with Crippen LogP contribution < -0.4 is 16.0 Å². The number of amides is 3. The van der Waals surface area contributed by atoms with Crippen molar-refractivity contribution in [3.05, 3.63) is 0 Å². The number of alkyl carbamates (subject to hydrolysis) is 1. The van der Waals surface area contributed by atoms with Gasteiger partial charge < -0.3 is 30.7 Å². The van der Waals surface area contributed by atoms with Gasteiger partial charge in [0, 0.05) is 19.5 Å². The van der Waals surface area contributed by atoms with Gasteiger partial charge in [-0.3, -0.25) is 14.4 Å². The summed E-state index contributed by atoms with van der Waals surface area (Å²) in [5.74, 6) is -0.886. The van der Waals surface area contributed by atoms with Gasteiger partial charge >= 0.3 is 12.1 Å². The fraction of sp³-hybridized carbons (Fsp3) is 0.818. The summed E-state index contributed by atoms with van der Waals surface area (Å²) in [7, 11) is 0. The second-order valence-electron chi connectivity index (χ2n) is 9.26. The maximum atomic E-state index is 12.8. The quantitative estimate of drug-likeness (QED) is 0.364. The second-order valence-corrected chi connectivity index (χ2v) is 9.26. The number of carbonyl (C=O) groups excluding carboxylic acids is 3. The molecule has 3 amide bonds. The van der Waals surface area contributed by atoms with Crippen molar-refractivity contribution in [3.8, 4) is 0 Å². The van der Waals surface area contributed by atoms with Gasteiger partial charge in [-0.2, -0.15) is 0 Å². The standard InChI is InChI=1S/C22H36N4O6/c27-19(6-5-15-7-9-23-10-8-15)26-11-1-2-17(13-26)21(30)24-18(12-20(28)29)25-22(31)32-14-16-3-4-16/h15-18,23H,1-14H2,(H,24,30)(H,25,31)(H,28,29)/t17-,18+/m1/s1. The molecule has 2 heterocycles. The molecule has 3 fully saturated rings. The molecule has 0 aromatic carbocycles. The second kappa shape index (κ2) is 12.0. The minimum Gasteiger partial charge on any atom is -0.481 e. The SMILES string of the molecule is O=C(O)C[C@H](NC(=O)OCC1CC1)NC(=O)[C@@H]1CCCN(C(=O)CCC2CCNCC2)C1. The molecular formula is C22H36N4O6. The molecule has 2 aliphatic heterocycles. The van der Waals surface area contributed by atoms with Crippen LogP contribution in [0.15, 0.2) is 0 Å². The Labute approximate surface area is 188 Å². The number of rotatable bonds is 10. The summed E-state index contributed by atoms with van der Waals surface area (Å²) in [6, 6.07) is 0. The van der Waals surface area contributed by atoms with E-state index in [2.05, 4.69) is 16.0 Å². The number of hydrogen-bond acceptors (Lipinski definition) is 6. The van der Waals surface area contributed by atoms with Gasteiger partial charge in [-0.05, 0) is 69.9 Å². The molecular weight excluding hydrogens is 416 g/mol. The maximum absolute atomic E-state index is 12.8. The number of carboxylic acids is 1. The molecule has 0 bridgehead atoms. The lowest BCUT2D eigenvalue weighted by Crippen LogP contribution is -2.53. The van der Waals surface area contributed by atoms with E-state index < -0.39 is 30.6 Å². The molecule has 4 N–H and O–H groups in total. The summed E-state index contributed by atoms with van der Waals surface area (Å²) in [4.78, 5) is 50.3. The molecule has 2 saturated heterocycles. The minimum atomic E-state index is -1.14. The third kappa shape index (κ3) is 8.29. The Kier molecular flexibility index (Phi) is 9.13. The summed E-state index contributed by atoms with van der Waals surface area (Å²) in [5.41, 5.74) is 0. The van der Waals surface area contributed by atoms with Crippen LogP contribution in [-0.2, 0) is 19.1 Å². The van der Waals surface area contributed by atoms with Crippen LogP contribution in [0.2, 0.25) is 0 Å². The Hall–Kier alpha value is -2.36. The summed E-state index contributed by atoms with van der Waals surface area (Å²) in [6.07, 6.45) is 4.72. The van der Waals surface area contributed by atoms with E-state index in [0.717, 1.165) is 51.6 Å². The summed E-state index contributed by atoms with van der Waals surface area (Å²) >= 11 is 0. The van der Waals surface area contributed by atoms with E-state index >= 15 is 0 Å². The van der Waals surface area contributed by atoms with Crippen molar-refractivity contribution in [2.24, 2.45) is 17.8 Å². The zero-order chi connectivity index (χ0) is 22.9. The first-order valence-corrected chi connectivity index (χ1v) is 11.8. The zero-order valence-electron chi connectivity index (χ0n) is 18.6. The van der Waals surface area contributed by atoms with Crippen molar-refractivity contribution in [2.45, 2.75) is 64.0 Å². The Morgan fingerprint density at radius 3 is 2.47 bits per heavy atom. The molecule has 1 saturated carbocycles. The number of carbonyl (C=O) groups is 4. The topological polar surface area (TPSA) is 137 Å². The van der Waals surface area contributed by atoms with E-state index in [9.17, 15) is 19.2 Å². The van der Waals surface area contributed by atoms with Crippen LogP contribution in [0.5, 0.6) is 0 Å². The number of nitrogens with one attached hydrogen (secondary N) is 3. The predicted molar refractivity (Wildman–Crippen MR) is 116 cm³/mol. The molecule has 0 aromatic heterocycles. The first-order chi connectivity index (χ1) is 15.4. The number of aliphatic carboxylic acids is 1. The number of hydrogen-bond donors (Lipinski definition) is 4. The fourth-order valence-corrected chi connectivity index (χ4v) is 4.34. The van der Waals surface area contributed by atoms with Crippen molar-refractivity contribution in [1.29, 1.82) is 0 Å². The van der Waals surface area contributed by atoms with E-state index in [-0.39, 0.29) is 11.8 Å². The molecule has 3 rings (SSSR count). The van der Waals surface area contributed by atoms with Gasteiger partial charge in [0.1, 0.15) is 6.17 Å². The molecule has 1 aliphatic carbocycles. The lowest BCUT2D eigenvalue weighted by Gasteiger charge is -2.33. The first-order valence-electron chi connectivity index (χ1n) is 11.8. The summed E-state index contributed by atoms with van der Waals surface area (Å²) in [6.45, 7) is 3.27. The van der Waals surface area contributed by atoms with Crippen LogP contribution in [-0.4, -0.2) is 72.8 Å². The minimum absolute atomic E-state index is 0.0740. The lowest BCUT2D eigenvalue weighted by molar-refractivity contribution is -0.138. The Morgan fingerprint density at radius 2 is 1.78 bits per heavy atom. The molecule has 10 nitrogen and oxygen atoms in total. The average molecular weight is 453 g/mol. The highest BCUT2D eigenvalue weighted by molar-refractivity contribution is 5.82. The fourth-order valence-electron chi connectivity index (χ4n) is 4.34. The normalized spacial score (nSPS) is 22.6. The zero-order valence-corrected chi connectivity index (χ0v) is 18.6. The molecule has 0 spiro atoms. The van der Waals surface area contributed by atoms with Gasteiger partial charge in [-0.25, -0.2) is 4.79 Å². The molecule has 10 heteroatoms. The van der Waals surface area contributed by atoms with Gasteiger partial charge in [0.2, 0.25) is 11.8 Å². The van der Waals surface area contributed by atoms with Crippen molar-refractivity contribution < 1.29 is 29.0 Å². The monoisotopic (exact) mass is 452 g/mol. The summed E-state index contributed by atoms with van der Waals surface area (Å²) < 4.78 is 5.08. The highest BCUT2D eigenvalue weighted by Crippen LogP contribution is 2.28. The van der Waals surface area contributed by atoms with E-state index in [0.29, 0.717) is 44.4 Å². The molecule has 3 aliphatic rings. The number of ether oxygens (including phenoxy) is 1. The van der Waals surface area contributed by atoms with Gasteiger partial charge in [0.05, 0.1) is 18.9 Å². The van der Waals surface area contributed by atoms with Crippen LogP contribution in [0.3, 0.4) is 0 Å². The molecule has 0 aromatic rings. The molecule has 0 radical (unpaired) electrons. The molecule has 32 heavy (non-hydrogen) atoms. The Balaban J connectivity index is 1.45. The lowest BCUT2D eigenvalue weighted by atomic mass is 9.92. The molecule has 2 atom stereocenters. The van der Waals surface area contributed by atoms with Crippen molar-refractivity contribution in [1.82, 2.24) is 20.9 Å². The van der Waals surface area contributed by atoms with Crippen LogP contribution in [0.4, 0.5) is 4.79 Å². The Bertz CT molecular complexity index is 677. The van der Waals surface area contributed by atoms with Gasteiger partial charge in [-0.1, -0.05) is 0 Å². The summed E-state index contributed by atoms with van der Waals surface area (Å²) in [5, 5.41) is 17.5. The van der Waals surface area contributed by atoms with Crippen LogP contribution in [0.25, 0.3) is 0 Å². The van der Waals surface area contributed by atoms with Crippen LogP contribution in [0.1, 0.15) is 57.8 Å². The highest BCUT2D eigenvalue weighted by Gasteiger charge is 2.31. The van der Waals surface area contributed by atoms with Gasteiger partial charge in [-0.15, -0.1) is 0 Å². The van der Waals surface area contributed by atoms with Crippen LogP contribution >= 0.6 is 0 Å².